The van der Waals surface area contributed by atoms with Gasteiger partial charge in [0.1, 0.15) is 0 Å². The van der Waals surface area contributed by atoms with Crippen LogP contribution in [0.25, 0.3) is 0 Å². The summed E-state index contributed by atoms with van der Waals surface area (Å²) in [4.78, 5) is 14.6. The highest BCUT2D eigenvalue weighted by molar-refractivity contribution is 14.0. The first-order valence-electron chi connectivity index (χ1n) is 7.79. The molecule has 0 atom stereocenters. The lowest BCUT2D eigenvalue weighted by atomic mass is 9.87. The van der Waals surface area contributed by atoms with Crippen molar-refractivity contribution in [3.63, 3.8) is 0 Å². The van der Waals surface area contributed by atoms with Crippen molar-refractivity contribution >= 4 is 35.6 Å². The van der Waals surface area contributed by atoms with E-state index in [9.17, 15) is 10.1 Å². The Hall–Kier alpha value is -1.38. The Kier molecular flexibility index (Phi) is 8.29. The Labute approximate surface area is 154 Å². The first-order valence-corrected chi connectivity index (χ1v) is 7.79. The monoisotopic (exact) mass is 432 g/mol. The van der Waals surface area contributed by atoms with Gasteiger partial charge in [0.25, 0.3) is 5.69 Å². The fourth-order valence-electron chi connectivity index (χ4n) is 2.76. The number of hydrogen-bond acceptors (Lipinski definition) is 3. The minimum Gasteiger partial charge on any atom is -0.354 e. The van der Waals surface area contributed by atoms with Crippen LogP contribution in [0.15, 0.2) is 29.3 Å². The highest BCUT2D eigenvalue weighted by Crippen LogP contribution is 2.23. The van der Waals surface area contributed by atoms with E-state index in [1.54, 1.807) is 19.2 Å². The quantitative estimate of drug-likeness (QED) is 0.251. The lowest BCUT2D eigenvalue weighted by Gasteiger charge is -2.28. The molecule has 0 spiro atoms. The molecule has 0 aliphatic heterocycles. The molecule has 1 aliphatic rings. The zero-order chi connectivity index (χ0) is 15.9. The molecule has 0 aromatic heterocycles. The molecule has 2 rings (SSSR count). The summed E-state index contributed by atoms with van der Waals surface area (Å²) in [6.07, 6.45) is 4.83. The SMILES string of the molecule is CN=C(NCc1cccc([N+](=O)[O-])c1)NC1CCC(C)CC1.I. The van der Waals surface area contributed by atoms with Gasteiger partial charge in [0.15, 0.2) is 5.96 Å². The van der Waals surface area contributed by atoms with Crippen LogP contribution in [-0.4, -0.2) is 24.0 Å². The van der Waals surface area contributed by atoms with Crippen LogP contribution < -0.4 is 10.6 Å². The van der Waals surface area contributed by atoms with E-state index in [0.29, 0.717) is 12.6 Å². The van der Waals surface area contributed by atoms with Crippen molar-refractivity contribution in [2.45, 2.75) is 45.2 Å². The molecular weight excluding hydrogens is 407 g/mol. The Morgan fingerprint density at radius 1 is 1.35 bits per heavy atom. The average molecular weight is 432 g/mol. The first-order chi connectivity index (χ1) is 10.6. The predicted octanol–water partition coefficient (Wildman–Crippen LogP) is 3.46. The Bertz CT molecular complexity index is 543. The molecular formula is C16H25IN4O2. The van der Waals surface area contributed by atoms with E-state index in [4.69, 9.17) is 0 Å². The van der Waals surface area contributed by atoms with Crippen LogP contribution in [0.5, 0.6) is 0 Å². The molecule has 1 aliphatic carbocycles. The van der Waals surface area contributed by atoms with Gasteiger partial charge in [-0.05, 0) is 37.2 Å². The van der Waals surface area contributed by atoms with E-state index in [-0.39, 0.29) is 34.6 Å². The zero-order valence-electron chi connectivity index (χ0n) is 13.6. The number of benzene rings is 1. The topological polar surface area (TPSA) is 79.6 Å². The molecule has 0 amide bonds. The lowest BCUT2D eigenvalue weighted by molar-refractivity contribution is -0.384. The van der Waals surface area contributed by atoms with Crippen LogP contribution in [0.1, 0.15) is 38.2 Å². The Balaban J connectivity index is 0.00000264. The number of nitrogens with one attached hydrogen (secondary N) is 2. The van der Waals surface area contributed by atoms with E-state index < -0.39 is 0 Å². The minimum absolute atomic E-state index is 0. The molecule has 128 valence electrons. The van der Waals surface area contributed by atoms with Crippen molar-refractivity contribution in [1.29, 1.82) is 0 Å². The molecule has 23 heavy (non-hydrogen) atoms. The maximum Gasteiger partial charge on any atom is 0.269 e. The number of rotatable bonds is 4. The maximum atomic E-state index is 10.8. The summed E-state index contributed by atoms with van der Waals surface area (Å²) in [5.41, 5.74) is 0.984. The molecule has 6 nitrogen and oxygen atoms in total. The van der Waals surface area contributed by atoms with E-state index >= 15 is 0 Å². The molecule has 0 bridgehead atoms. The molecule has 2 N–H and O–H groups in total. The van der Waals surface area contributed by atoms with E-state index in [2.05, 4.69) is 22.5 Å². The number of guanidine groups is 1. The number of hydrogen-bond donors (Lipinski definition) is 2. The van der Waals surface area contributed by atoms with Crippen LogP contribution in [0.3, 0.4) is 0 Å². The summed E-state index contributed by atoms with van der Waals surface area (Å²) in [7, 11) is 1.74. The molecule has 1 aromatic carbocycles. The van der Waals surface area contributed by atoms with Crippen molar-refractivity contribution in [1.82, 2.24) is 10.6 Å². The standard InChI is InChI=1S/C16H24N4O2.HI/c1-12-6-8-14(9-7-12)19-16(17-2)18-11-13-4-3-5-15(10-13)20(21)22;/h3-5,10,12,14H,6-9,11H2,1-2H3,(H2,17,18,19);1H. The maximum absolute atomic E-state index is 10.8. The van der Waals surface area contributed by atoms with Crippen LogP contribution in [0.4, 0.5) is 5.69 Å². The second-order valence-corrected chi connectivity index (χ2v) is 5.95. The first kappa shape index (κ1) is 19.7. The van der Waals surface area contributed by atoms with Gasteiger partial charge in [-0.2, -0.15) is 0 Å². The Morgan fingerprint density at radius 2 is 2.04 bits per heavy atom. The van der Waals surface area contributed by atoms with Gasteiger partial charge in [0, 0.05) is 31.8 Å². The number of halogens is 1. The second kappa shape index (κ2) is 9.69. The molecule has 0 unspecified atom stereocenters. The van der Waals surface area contributed by atoms with E-state index in [0.717, 1.165) is 17.4 Å². The fraction of sp³-hybridized carbons (Fsp3) is 0.562. The van der Waals surface area contributed by atoms with Crippen molar-refractivity contribution in [3.8, 4) is 0 Å². The summed E-state index contributed by atoms with van der Waals surface area (Å²) in [6.45, 7) is 2.82. The third kappa shape index (κ3) is 6.32. The zero-order valence-corrected chi connectivity index (χ0v) is 15.9. The number of nitro benzene ring substituents is 1. The number of nitro groups is 1. The van der Waals surface area contributed by atoms with Gasteiger partial charge in [-0.15, -0.1) is 24.0 Å². The highest BCUT2D eigenvalue weighted by atomic mass is 127. The van der Waals surface area contributed by atoms with Crippen molar-refractivity contribution in [2.24, 2.45) is 10.9 Å². The predicted molar refractivity (Wildman–Crippen MR) is 103 cm³/mol. The molecule has 1 aromatic rings. The Morgan fingerprint density at radius 3 is 2.65 bits per heavy atom. The van der Waals surface area contributed by atoms with Crippen LogP contribution >= 0.6 is 24.0 Å². The number of aliphatic imine (C=N–C) groups is 1. The van der Waals surface area contributed by atoms with Crippen LogP contribution in [0, 0.1) is 16.0 Å². The molecule has 0 radical (unpaired) electrons. The van der Waals surface area contributed by atoms with Gasteiger partial charge < -0.3 is 10.6 Å². The lowest BCUT2D eigenvalue weighted by Crippen LogP contribution is -2.44. The highest BCUT2D eigenvalue weighted by Gasteiger charge is 2.18. The van der Waals surface area contributed by atoms with Gasteiger partial charge in [0.05, 0.1) is 4.92 Å². The number of non-ortho nitro benzene ring substituents is 1. The largest absolute Gasteiger partial charge is 0.354 e. The van der Waals surface area contributed by atoms with Crippen molar-refractivity contribution < 1.29 is 4.92 Å². The third-order valence-electron chi connectivity index (χ3n) is 4.16. The van der Waals surface area contributed by atoms with Gasteiger partial charge in [-0.3, -0.25) is 15.1 Å². The average Bonchev–Trinajstić information content (AvgIpc) is 2.53. The van der Waals surface area contributed by atoms with Crippen molar-refractivity contribution in [2.75, 3.05) is 7.05 Å². The smallest absolute Gasteiger partial charge is 0.269 e. The fourth-order valence-corrected chi connectivity index (χ4v) is 2.76. The second-order valence-electron chi connectivity index (χ2n) is 5.95. The third-order valence-corrected chi connectivity index (χ3v) is 4.16. The normalized spacial score (nSPS) is 21.2. The van der Waals surface area contributed by atoms with Gasteiger partial charge in [-0.1, -0.05) is 19.1 Å². The summed E-state index contributed by atoms with van der Waals surface area (Å²) in [6, 6.07) is 7.12. The summed E-state index contributed by atoms with van der Waals surface area (Å²) in [5, 5.41) is 17.5. The molecule has 1 fully saturated rings. The van der Waals surface area contributed by atoms with E-state index in [1.807, 2.05) is 6.07 Å². The van der Waals surface area contributed by atoms with Crippen LogP contribution in [-0.2, 0) is 6.54 Å². The molecule has 0 saturated heterocycles. The van der Waals surface area contributed by atoms with Gasteiger partial charge >= 0.3 is 0 Å². The molecule has 1 saturated carbocycles. The summed E-state index contributed by atoms with van der Waals surface area (Å²) in [5.74, 6) is 1.57. The minimum atomic E-state index is -0.375. The molecule has 7 heteroatoms. The summed E-state index contributed by atoms with van der Waals surface area (Å²) >= 11 is 0. The molecule has 0 heterocycles. The number of nitrogens with zero attached hydrogens (tertiary/aromatic N) is 2. The van der Waals surface area contributed by atoms with E-state index in [1.165, 1.54) is 31.7 Å². The van der Waals surface area contributed by atoms with Gasteiger partial charge in [0.2, 0.25) is 0 Å². The van der Waals surface area contributed by atoms with Crippen molar-refractivity contribution in [3.05, 3.63) is 39.9 Å². The summed E-state index contributed by atoms with van der Waals surface area (Å²) < 4.78 is 0. The van der Waals surface area contributed by atoms with Gasteiger partial charge in [-0.25, -0.2) is 0 Å². The van der Waals surface area contributed by atoms with Crippen LogP contribution in [0.2, 0.25) is 0 Å².